The number of likely N-dealkylation sites (tertiary alicyclic amines) is 1. The predicted octanol–water partition coefficient (Wildman–Crippen LogP) is 1.05. The van der Waals surface area contributed by atoms with Crippen LogP contribution < -0.4 is 10.6 Å². The Bertz CT molecular complexity index is 485. The van der Waals surface area contributed by atoms with Gasteiger partial charge in [-0.15, -0.1) is 0 Å². The highest BCUT2D eigenvalue weighted by Gasteiger charge is 2.41. The van der Waals surface area contributed by atoms with Gasteiger partial charge in [0.25, 0.3) is 0 Å². The molecule has 2 N–H and O–H groups in total. The molecule has 0 aromatic heterocycles. The van der Waals surface area contributed by atoms with Crippen molar-refractivity contribution in [3.63, 3.8) is 0 Å². The van der Waals surface area contributed by atoms with Crippen LogP contribution in [0, 0.1) is 0 Å². The highest BCUT2D eigenvalue weighted by molar-refractivity contribution is 5.75. The maximum absolute atomic E-state index is 12.4. The Labute approximate surface area is 137 Å². The molecule has 128 valence electrons. The van der Waals surface area contributed by atoms with E-state index in [1.165, 1.54) is 0 Å². The van der Waals surface area contributed by atoms with Crippen molar-refractivity contribution in [2.75, 3.05) is 39.5 Å². The minimum Gasteiger partial charge on any atom is -0.378 e. The summed E-state index contributed by atoms with van der Waals surface area (Å²) >= 11 is 0. The Morgan fingerprint density at radius 1 is 1.48 bits per heavy atom. The molecule has 3 rings (SSSR count). The topological polar surface area (TPSA) is 62.8 Å². The first-order chi connectivity index (χ1) is 11.2. The summed E-state index contributed by atoms with van der Waals surface area (Å²) in [4.78, 5) is 14.3. The number of nitrogens with zero attached hydrogens (tertiary/aromatic N) is 1. The number of carbonyl (C=O) groups is 1. The molecule has 3 aliphatic rings. The number of morpholine rings is 2. The van der Waals surface area contributed by atoms with Gasteiger partial charge < -0.3 is 25.0 Å². The molecule has 23 heavy (non-hydrogen) atoms. The van der Waals surface area contributed by atoms with E-state index in [1.54, 1.807) is 0 Å². The number of allylic oxidation sites excluding steroid dienone is 1. The molecule has 6 nitrogen and oxygen atoms in total. The van der Waals surface area contributed by atoms with Crippen molar-refractivity contribution in [1.29, 1.82) is 0 Å². The van der Waals surface area contributed by atoms with Gasteiger partial charge in [0.1, 0.15) is 0 Å². The van der Waals surface area contributed by atoms with Crippen LogP contribution in [0.2, 0.25) is 0 Å². The maximum Gasteiger partial charge on any atom is 0.318 e. The molecule has 3 heterocycles. The molecule has 0 aromatic rings. The Kier molecular flexibility index (Phi) is 5.35. The van der Waals surface area contributed by atoms with Crippen LogP contribution in [0.15, 0.2) is 23.8 Å². The second-order valence-electron chi connectivity index (χ2n) is 6.41. The van der Waals surface area contributed by atoms with Gasteiger partial charge in [-0.3, -0.25) is 0 Å². The largest absolute Gasteiger partial charge is 0.378 e. The van der Waals surface area contributed by atoms with Crippen LogP contribution in [0.4, 0.5) is 4.79 Å². The van der Waals surface area contributed by atoms with E-state index in [1.807, 2.05) is 4.90 Å². The average Bonchev–Trinajstić information content (AvgIpc) is 3.21. The zero-order valence-electron chi connectivity index (χ0n) is 13.8. The molecule has 2 amide bonds. The van der Waals surface area contributed by atoms with Gasteiger partial charge in [0.05, 0.1) is 38.0 Å². The summed E-state index contributed by atoms with van der Waals surface area (Å²) in [5.41, 5.74) is 2.10. The quantitative estimate of drug-likeness (QED) is 0.743. The van der Waals surface area contributed by atoms with Gasteiger partial charge in [0, 0.05) is 19.6 Å². The Hall–Kier alpha value is -1.37. The molecule has 0 saturated carbocycles. The molecular weight excluding hydrogens is 294 g/mol. The summed E-state index contributed by atoms with van der Waals surface area (Å²) in [6.45, 7) is 10.4. The van der Waals surface area contributed by atoms with Crippen molar-refractivity contribution < 1.29 is 14.3 Å². The van der Waals surface area contributed by atoms with Gasteiger partial charge in [0.15, 0.2) is 0 Å². The van der Waals surface area contributed by atoms with E-state index in [0.717, 1.165) is 37.1 Å². The van der Waals surface area contributed by atoms with Gasteiger partial charge in [-0.2, -0.15) is 0 Å². The van der Waals surface area contributed by atoms with Crippen molar-refractivity contribution in [3.8, 4) is 0 Å². The molecule has 0 unspecified atom stereocenters. The highest BCUT2D eigenvalue weighted by Crippen LogP contribution is 2.27. The first kappa shape index (κ1) is 16.5. The first-order valence-corrected chi connectivity index (χ1v) is 8.54. The van der Waals surface area contributed by atoms with Crippen LogP contribution in [0.5, 0.6) is 0 Å². The summed E-state index contributed by atoms with van der Waals surface area (Å²) < 4.78 is 11.1. The number of ether oxygens (including phenoxy) is 2. The monoisotopic (exact) mass is 321 g/mol. The lowest BCUT2D eigenvalue weighted by Gasteiger charge is -2.29. The predicted molar refractivity (Wildman–Crippen MR) is 88.4 cm³/mol. The summed E-state index contributed by atoms with van der Waals surface area (Å²) in [5.74, 6) is 0. The fraction of sp³-hybridized carbons (Fsp3) is 0.706. The van der Waals surface area contributed by atoms with Crippen LogP contribution in [0.3, 0.4) is 0 Å². The first-order valence-electron chi connectivity index (χ1n) is 8.54. The van der Waals surface area contributed by atoms with Gasteiger partial charge >= 0.3 is 6.03 Å². The molecule has 3 saturated heterocycles. The summed E-state index contributed by atoms with van der Waals surface area (Å²) in [6.07, 6.45) is 4.31. The van der Waals surface area contributed by atoms with Crippen LogP contribution >= 0.6 is 0 Å². The van der Waals surface area contributed by atoms with E-state index in [4.69, 9.17) is 9.47 Å². The third-order valence-electron chi connectivity index (χ3n) is 4.74. The zero-order chi connectivity index (χ0) is 16.2. The third-order valence-corrected chi connectivity index (χ3v) is 4.74. The van der Waals surface area contributed by atoms with Crippen LogP contribution in [-0.4, -0.2) is 68.6 Å². The van der Waals surface area contributed by atoms with Gasteiger partial charge in [-0.05, 0) is 24.0 Å². The van der Waals surface area contributed by atoms with E-state index in [9.17, 15) is 4.79 Å². The van der Waals surface area contributed by atoms with E-state index in [0.29, 0.717) is 26.3 Å². The zero-order valence-corrected chi connectivity index (χ0v) is 13.8. The van der Waals surface area contributed by atoms with E-state index < -0.39 is 0 Å². The molecule has 0 aromatic carbocycles. The SMILES string of the molecule is C=C(CNC(=O)N1C[C@H]2C[C@@H]1CO2)/C(=C\CC)[C@@H]1COCCN1. The highest BCUT2D eigenvalue weighted by atomic mass is 16.5. The van der Waals surface area contributed by atoms with Crippen molar-refractivity contribution in [1.82, 2.24) is 15.5 Å². The van der Waals surface area contributed by atoms with Crippen molar-refractivity contribution in [2.45, 2.75) is 38.0 Å². The van der Waals surface area contributed by atoms with E-state index in [-0.39, 0.29) is 24.2 Å². The lowest BCUT2D eigenvalue weighted by atomic mass is 9.98. The number of urea groups is 1. The second-order valence-corrected chi connectivity index (χ2v) is 6.41. The Balaban J connectivity index is 1.52. The molecule has 0 spiro atoms. The van der Waals surface area contributed by atoms with Gasteiger partial charge in [-0.25, -0.2) is 4.79 Å². The average molecular weight is 321 g/mol. The summed E-state index contributed by atoms with van der Waals surface area (Å²) in [7, 11) is 0. The normalized spacial score (nSPS) is 30.6. The van der Waals surface area contributed by atoms with Gasteiger partial charge in [-0.1, -0.05) is 19.6 Å². The number of hydrogen-bond acceptors (Lipinski definition) is 4. The standard InChI is InChI=1S/C17H27N3O3/c1-3-4-15(16-11-22-6-5-18-16)12(2)8-19-17(21)20-9-14-7-13(20)10-23-14/h4,13-14,16,18H,2-3,5-11H2,1H3,(H,19,21)/b15-4+/t13-,14-,16+/m1/s1. The minimum absolute atomic E-state index is 0.00866. The Morgan fingerprint density at radius 2 is 2.35 bits per heavy atom. The van der Waals surface area contributed by atoms with Crippen LogP contribution in [0.1, 0.15) is 19.8 Å². The number of amides is 2. The fourth-order valence-electron chi connectivity index (χ4n) is 3.55. The third kappa shape index (κ3) is 3.76. The van der Waals surface area contributed by atoms with E-state index >= 15 is 0 Å². The second kappa shape index (κ2) is 7.47. The molecule has 3 atom stereocenters. The minimum atomic E-state index is -0.00866. The van der Waals surface area contributed by atoms with E-state index in [2.05, 4.69) is 30.2 Å². The molecule has 3 aliphatic heterocycles. The van der Waals surface area contributed by atoms with Gasteiger partial charge in [0.2, 0.25) is 0 Å². The van der Waals surface area contributed by atoms with Crippen molar-refractivity contribution >= 4 is 6.03 Å². The number of fused-ring (bicyclic) bond motifs is 2. The molecule has 0 aliphatic carbocycles. The molecule has 2 bridgehead atoms. The Morgan fingerprint density at radius 3 is 2.96 bits per heavy atom. The number of rotatable bonds is 5. The van der Waals surface area contributed by atoms with Crippen LogP contribution in [0.25, 0.3) is 0 Å². The number of hydrogen-bond donors (Lipinski definition) is 2. The fourth-order valence-corrected chi connectivity index (χ4v) is 3.55. The molecule has 3 fully saturated rings. The molecule has 6 heteroatoms. The smallest absolute Gasteiger partial charge is 0.318 e. The lowest BCUT2D eigenvalue weighted by Crippen LogP contribution is -2.48. The molecule has 0 radical (unpaired) electrons. The van der Waals surface area contributed by atoms with Crippen molar-refractivity contribution in [3.05, 3.63) is 23.8 Å². The maximum atomic E-state index is 12.4. The number of nitrogens with one attached hydrogen (secondary N) is 2. The van der Waals surface area contributed by atoms with Crippen LogP contribution in [-0.2, 0) is 9.47 Å². The number of carbonyl (C=O) groups excluding carboxylic acids is 1. The van der Waals surface area contributed by atoms with Crippen molar-refractivity contribution in [2.24, 2.45) is 0 Å². The summed E-state index contributed by atoms with van der Waals surface area (Å²) in [5, 5.41) is 6.47. The summed E-state index contributed by atoms with van der Waals surface area (Å²) in [6, 6.07) is 0.405. The lowest BCUT2D eigenvalue weighted by molar-refractivity contribution is 0.0448. The molecular formula is C17H27N3O3.